The molecule has 0 spiro atoms. The Morgan fingerprint density at radius 3 is 2.57 bits per heavy atom. The third kappa shape index (κ3) is 2.96. The van der Waals surface area contributed by atoms with Gasteiger partial charge in [0, 0.05) is 53.8 Å². The zero-order chi connectivity index (χ0) is 19.8. The van der Waals surface area contributed by atoms with Gasteiger partial charge in [0.15, 0.2) is 0 Å². The first-order valence-corrected chi connectivity index (χ1v) is 8.43. The number of non-ortho nitro benzene ring substituents is 1. The highest BCUT2D eigenvalue weighted by atomic mass is 16.6. The zero-order valence-corrected chi connectivity index (χ0v) is 14.9. The third-order valence-electron chi connectivity index (χ3n) is 4.47. The number of aryl methyl sites for hydroxylation is 1. The van der Waals surface area contributed by atoms with Gasteiger partial charge < -0.3 is 20.0 Å². The van der Waals surface area contributed by atoms with E-state index >= 15 is 0 Å². The fraction of sp³-hybridized carbons (Fsp3) is 0.0500. The van der Waals surface area contributed by atoms with Gasteiger partial charge in [-0.3, -0.25) is 14.9 Å². The number of hydrogen-bond acceptors (Lipinski definition) is 5. The lowest BCUT2D eigenvalue weighted by Gasteiger charge is -2.13. The first kappa shape index (κ1) is 17.3. The maximum atomic E-state index is 12.3. The quantitative estimate of drug-likeness (QED) is 0.319. The van der Waals surface area contributed by atoms with Crippen LogP contribution in [0.3, 0.4) is 0 Å². The molecule has 0 atom stereocenters. The minimum absolute atomic E-state index is 0.0720. The molecule has 4 aromatic rings. The van der Waals surface area contributed by atoms with Crippen LogP contribution in [0, 0.1) is 10.1 Å². The predicted molar refractivity (Wildman–Crippen MR) is 107 cm³/mol. The highest BCUT2D eigenvalue weighted by Crippen LogP contribution is 2.38. The first-order valence-electron chi connectivity index (χ1n) is 8.43. The number of nitro groups is 1. The second kappa shape index (κ2) is 6.58. The van der Waals surface area contributed by atoms with Gasteiger partial charge in [-0.25, -0.2) is 0 Å². The van der Waals surface area contributed by atoms with Crippen LogP contribution in [0.15, 0.2) is 65.7 Å². The van der Waals surface area contributed by atoms with Crippen molar-refractivity contribution < 1.29 is 9.66 Å². The molecule has 0 bridgehead atoms. The van der Waals surface area contributed by atoms with E-state index in [0.29, 0.717) is 39.2 Å². The Hall–Kier alpha value is -4.07. The lowest BCUT2D eigenvalue weighted by atomic mass is 10.0. The molecule has 0 unspecified atom stereocenters. The first-order chi connectivity index (χ1) is 13.4. The van der Waals surface area contributed by atoms with Crippen LogP contribution in [0.25, 0.3) is 22.0 Å². The number of hydrogen-bond donors (Lipinski definition) is 2. The summed E-state index contributed by atoms with van der Waals surface area (Å²) in [5.41, 5.74) is 7.63. The second-order valence-electron chi connectivity index (χ2n) is 6.33. The molecular formula is C20H16N4O4. The molecule has 0 radical (unpaired) electrons. The maximum Gasteiger partial charge on any atom is 0.274 e. The summed E-state index contributed by atoms with van der Waals surface area (Å²) in [5.74, 6) is 0.968. The average molecular weight is 376 g/mol. The fourth-order valence-electron chi connectivity index (χ4n) is 3.08. The topological polar surface area (TPSA) is 116 Å². The van der Waals surface area contributed by atoms with Gasteiger partial charge in [0.25, 0.3) is 11.2 Å². The van der Waals surface area contributed by atoms with Crippen molar-refractivity contribution in [2.45, 2.75) is 0 Å². The number of aromatic amines is 1. The van der Waals surface area contributed by atoms with Crippen LogP contribution < -0.4 is 16.0 Å². The molecule has 0 saturated carbocycles. The number of rotatable bonds is 4. The minimum atomic E-state index is -0.465. The van der Waals surface area contributed by atoms with E-state index < -0.39 is 4.92 Å². The molecule has 0 fully saturated rings. The lowest BCUT2D eigenvalue weighted by molar-refractivity contribution is -0.384. The van der Waals surface area contributed by atoms with Crippen molar-refractivity contribution >= 4 is 22.3 Å². The fourth-order valence-corrected chi connectivity index (χ4v) is 3.08. The van der Waals surface area contributed by atoms with Crippen molar-refractivity contribution in [3.63, 3.8) is 0 Å². The van der Waals surface area contributed by atoms with Crippen LogP contribution in [0.1, 0.15) is 0 Å². The predicted octanol–water partition coefficient (Wildman–Crippen LogP) is 3.82. The standard InChI is InChI=1S/C20H16N4O4/c1-23-11-17(15-8-9-22-19(15)20(23)25)16-10-13(24(26)27)4-7-18(16)28-14-5-2-12(21)3-6-14/h2-11,22H,21H2,1H3. The highest BCUT2D eigenvalue weighted by molar-refractivity contribution is 5.96. The molecule has 3 N–H and O–H groups in total. The number of benzene rings is 2. The van der Waals surface area contributed by atoms with Crippen molar-refractivity contribution in [1.29, 1.82) is 0 Å². The molecule has 0 amide bonds. The maximum absolute atomic E-state index is 12.3. The van der Waals surface area contributed by atoms with Crippen molar-refractivity contribution in [2.24, 2.45) is 7.05 Å². The van der Waals surface area contributed by atoms with Crippen molar-refractivity contribution in [2.75, 3.05) is 5.73 Å². The van der Waals surface area contributed by atoms with Gasteiger partial charge >= 0.3 is 0 Å². The molecule has 2 heterocycles. The van der Waals surface area contributed by atoms with Gasteiger partial charge in [0.2, 0.25) is 0 Å². The van der Waals surface area contributed by atoms with Crippen molar-refractivity contribution in [3.8, 4) is 22.6 Å². The van der Waals surface area contributed by atoms with E-state index in [9.17, 15) is 14.9 Å². The summed E-state index contributed by atoms with van der Waals surface area (Å²) in [4.78, 5) is 26.1. The van der Waals surface area contributed by atoms with Crippen LogP contribution in [-0.4, -0.2) is 14.5 Å². The molecule has 0 aliphatic heterocycles. The summed E-state index contributed by atoms with van der Waals surface area (Å²) in [5, 5.41) is 12.0. The molecule has 2 aromatic carbocycles. The Kier molecular flexibility index (Phi) is 4.08. The molecule has 8 nitrogen and oxygen atoms in total. The number of nitrogens with one attached hydrogen (secondary N) is 1. The van der Waals surface area contributed by atoms with Crippen molar-refractivity contribution in [1.82, 2.24) is 9.55 Å². The number of aromatic nitrogens is 2. The van der Waals surface area contributed by atoms with E-state index in [2.05, 4.69) is 4.98 Å². The number of nitrogens with two attached hydrogens (primary N) is 1. The SMILES string of the molecule is Cn1cc(-c2cc([N+](=O)[O-])ccc2Oc2ccc(N)cc2)c2cc[nH]c2c1=O. The number of nitro benzene ring substituents is 1. The van der Waals surface area contributed by atoms with Crippen LogP contribution in [0.2, 0.25) is 0 Å². The number of ether oxygens (including phenoxy) is 1. The van der Waals surface area contributed by atoms with Crippen LogP contribution >= 0.6 is 0 Å². The lowest BCUT2D eigenvalue weighted by Crippen LogP contribution is -2.16. The van der Waals surface area contributed by atoms with E-state index in [-0.39, 0.29) is 11.2 Å². The average Bonchev–Trinajstić information content (AvgIpc) is 3.17. The Balaban J connectivity index is 1.94. The molecule has 0 aliphatic rings. The van der Waals surface area contributed by atoms with Crippen LogP contribution in [-0.2, 0) is 7.05 Å². The molecule has 0 aliphatic carbocycles. The number of H-pyrrole nitrogens is 1. The van der Waals surface area contributed by atoms with Gasteiger partial charge in [0.1, 0.15) is 17.0 Å². The van der Waals surface area contributed by atoms with Gasteiger partial charge in [0.05, 0.1) is 4.92 Å². The van der Waals surface area contributed by atoms with Gasteiger partial charge in [-0.05, 0) is 36.4 Å². The van der Waals surface area contributed by atoms with Crippen molar-refractivity contribution in [3.05, 3.63) is 81.4 Å². The zero-order valence-electron chi connectivity index (χ0n) is 14.9. The molecule has 4 rings (SSSR count). The molecule has 0 saturated heterocycles. The third-order valence-corrected chi connectivity index (χ3v) is 4.47. The van der Waals surface area contributed by atoms with Crippen LogP contribution in [0.5, 0.6) is 11.5 Å². The van der Waals surface area contributed by atoms with E-state index in [1.165, 1.54) is 16.7 Å². The summed E-state index contributed by atoms with van der Waals surface area (Å²) in [6.07, 6.45) is 3.31. The number of fused-ring (bicyclic) bond motifs is 1. The number of anilines is 1. The molecule has 140 valence electrons. The smallest absolute Gasteiger partial charge is 0.274 e. The van der Waals surface area contributed by atoms with E-state index in [4.69, 9.17) is 10.5 Å². The Bertz CT molecular complexity index is 1260. The Morgan fingerprint density at radius 1 is 1.11 bits per heavy atom. The van der Waals surface area contributed by atoms with Crippen LogP contribution in [0.4, 0.5) is 11.4 Å². The van der Waals surface area contributed by atoms with E-state index in [1.54, 1.807) is 55.8 Å². The number of nitrogens with zero attached hydrogens (tertiary/aromatic N) is 2. The Labute approximate surface area is 158 Å². The summed E-state index contributed by atoms with van der Waals surface area (Å²) < 4.78 is 7.40. The van der Waals surface area contributed by atoms with Gasteiger partial charge in [-0.1, -0.05) is 0 Å². The van der Waals surface area contributed by atoms with Gasteiger partial charge in [-0.15, -0.1) is 0 Å². The second-order valence-corrected chi connectivity index (χ2v) is 6.33. The summed E-state index contributed by atoms with van der Waals surface area (Å²) >= 11 is 0. The van der Waals surface area contributed by atoms with E-state index in [0.717, 1.165) is 0 Å². The highest BCUT2D eigenvalue weighted by Gasteiger charge is 2.18. The Morgan fingerprint density at radius 2 is 1.86 bits per heavy atom. The molecule has 28 heavy (non-hydrogen) atoms. The van der Waals surface area contributed by atoms with E-state index in [1.807, 2.05) is 0 Å². The number of nitrogen functional groups attached to an aromatic ring is 1. The normalized spacial score (nSPS) is 10.9. The minimum Gasteiger partial charge on any atom is -0.457 e. The largest absolute Gasteiger partial charge is 0.457 e. The summed E-state index contributed by atoms with van der Waals surface area (Å²) in [6.45, 7) is 0. The summed E-state index contributed by atoms with van der Waals surface area (Å²) in [6, 6.07) is 13.0. The molecular weight excluding hydrogens is 360 g/mol. The van der Waals surface area contributed by atoms with Gasteiger partial charge in [-0.2, -0.15) is 0 Å². The number of pyridine rings is 1. The molecule has 8 heteroatoms. The molecule has 2 aromatic heterocycles. The summed E-state index contributed by atoms with van der Waals surface area (Å²) in [7, 11) is 1.63. The monoisotopic (exact) mass is 376 g/mol.